The molecule has 4 rings (SSSR count). The molecule has 0 unspecified atom stereocenters. The van der Waals surface area contributed by atoms with Gasteiger partial charge in [-0.15, -0.1) is 12.4 Å². The first-order chi connectivity index (χ1) is 10.4. The standard InChI is InChI=1S/C16H16N4O.ClH/c1-2-4-13-11(3-1)7-10-18-14(13)15-19-16(21-20-15)12-5-8-17-9-6-12;/h1-4,7,10,12,17H,5-6,8-9H2;1H. The number of nitrogens with one attached hydrogen (secondary N) is 1. The predicted molar refractivity (Wildman–Crippen MR) is 87.1 cm³/mol. The Balaban J connectivity index is 0.00000144. The van der Waals surface area contributed by atoms with Gasteiger partial charge in [0.15, 0.2) is 0 Å². The molecule has 1 N–H and O–H groups in total. The Bertz CT molecular complexity index is 762. The van der Waals surface area contributed by atoms with Crippen LogP contribution in [0.2, 0.25) is 0 Å². The van der Waals surface area contributed by atoms with Crippen LogP contribution in [-0.4, -0.2) is 28.2 Å². The van der Waals surface area contributed by atoms with Crippen molar-refractivity contribution >= 4 is 23.2 Å². The van der Waals surface area contributed by atoms with E-state index < -0.39 is 0 Å². The van der Waals surface area contributed by atoms with Crippen LogP contribution in [-0.2, 0) is 0 Å². The summed E-state index contributed by atoms with van der Waals surface area (Å²) in [7, 11) is 0. The lowest BCUT2D eigenvalue weighted by Gasteiger charge is -2.18. The molecule has 0 amide bonds. The molecule has 114 valence electrons. The maximum atomic E-state index is 5.48. The molecule has 22 heavy (non-hydrogen) atoms. The Morgan fingerprint density at radius 3 is 2.77 bits per heavy atom. The Labute approximate surface area is 134 Å². The van der Waals surface area contributed by atoms with Crippen LogP contribution in [0.3, 0.4) is 0 Å². The molecule has 1 fully saturated rings. The highest BCUT2D eigenvalue weighted by molar-refractivity contribution is 5.92. The van der Waals surface area contributed by atoms with E-state index >= 15 is 0 Å². The third-order valence-corrected chi connectivity index (χ3v) is 4.02. The normalized spacial score (nSPS) is 15.6. The average molecular weight is 317 g/mol. The van der Waals surface area contributed by atoms with Crippen LogP contribution in [0.4, 0.5) is 0 Å². The van der Waals surface area contributed by atoms with Crippen LogP contribution < -0.4 is 5.32 Å². The monoisotopic (exact) mass is 316 g/mol. The summed E-state index contributed by atoms with van der Waals surface area (Å²) in [5, 5.41) is 9.68. The highest BCUT2D eigenvalue weighted by atomic mass is 35.5. The van der Waals surface area contributed by atoms with E-state index in [1.165, 1.54) is 0 Å². The number of nitrogens with zero attached hydrogens (tertiary/aromatic N) is 3. The summed E-state index contributed by atoms with van der Waals surface area (Å²) >= 11 is 0. The zero-order chi connectivity index (χ0) is 14.1. The third-order valence-electron chi connectivity index (χ3n) is 4.02. The van der Waals surface area contributed by atoms with Gasteiger partial charge in [-0.1, -0.05) is 29.4 Å². The molecule has 0 saturated carbocycles. The van der Waals surface area contributed by atoms with Gasteiger partial charge < -0.3 is 9.84 Å². The minimum absolute atomic E-state index is 0. The van der Waals surface area contributed by atoms with Gasteiger partial charge in [0.05, 0.1) is 0 Å². The van der Waals surface area contributed by atoms with Crippen molar-refractivity contribution in [3.05, 3.63) is 42.4 Å². The van der Waals surface area contributed by atoms with E-state index in [1.54, 1.807) is 6.20 Å². The van der Waals surface area contributed by atoms with Gasteiger partial charge in [-0.25, -0.2) is 0 Å². The first-order valence-corrected chi connectivity index (χ1v) is 7.30. The number of rotatable bonds is 2. The van der Waals surface area contributed by atoms with Crippen molar-refractivity contribution in [2.24, 2.45) is 0 Å². The summed E-state index contributed by atoms with van der Waals surface area (Å²) in [6.07, 6.45) is 3.88. The molecule has 6 heteroatoms. The van der Waals surface area contributed by atoms with Gasteiger partial charge >= 0.3 is 0 Å². The number of hydrogen-bond donors (Lipinski definition) is 1. The molecule has 0 aliphatic carbocycles. The van der Waals surface area contributed by atoms with Crippen LogP contribution >= 0.6 is 12.4 Å². The summed E-state index contributed by atoms with van der Waals surface area (Å²) in [6.45, 7) is 2.02. The van der Waals surface area contributed by atoms with Gasteiger partial charge in [0, 0.05) is 17.5 Å². The average Bonchev–Trinajstić information content (AvgIpc) is 3.05. The van der Waals surface area contributed by atoms with Gasteiger partial charge in [-0.3, -0.25) is 4.98 Å². The van der Waals surface area contributed by atoms with Crippen molar-refractivity contribution < 1.29 is 4.52 Å². The Morgan fingerprint density at radius 1 is 1.09 bits per heavy atom. The molecule has 1 aliphatic heterocycles. The van der Waals surface area contributed by atoms with E-state index in [4.69, 9.17) is 4.52 Å². The highest BCUT2D eigenvalue weighted by Crippen LogP contribution is 2.28. The Kier molecular flexibility index (Phi) is 4.36. The van der Waals surface area contributed by atoms with E-state index in [0.717, 1.165) is 48.3 Å². The second kappa shape index (κ2) is 6.42. The van der Waals surface area contributed by atoms with Crippen molar-refractivity contribution in [1.82, 2.24) is 20.4 Å². The fraction of sp³-hybridized carbons (Fsp3) is 0.312. The number of benzene rings is 1. The molecule has 0 atom stereocenters. The first kappa shape index (κ1) is 14.9. The van der Waals surface area contributed by atoms with Gasteiger partial charge in [0.1, 0.15) is 5.69 Å². The Morgan fingerprint density at radius 2 is 1.91 bits per heavy atom. The van der Waals surface area contributed by atoms with E-state index in [9.17, 15) is 0 Å². The van der Waals surface area contributed by atoms with Crippen molar-refractivity contribution in [1.29, 1.82) is 0 Å². The summed E-state index contributed by atoms with van der Waals surface area (Å²) in [4.78, 5) is 9.02. The smallest absolute Gasteiger partial charge is 0.230 e. The largest absolute Gasteiger partial charge is 0.339 e. The zero-order valence-corrected chi connectivity index (χ0v) is 12.8. The van der Waals surface area contributed by atoms with E-state index in [-0.39, 0.29) is 12.4 Å². The van der Waals surface area contributed by atoms with Crippen LogP contribution in [0.1, 0.15) is 24.7 Å². The second-order valence-corrected chi connectivity index (χ2v) is 5.36. The van der Waals surface area contributed by atoms with E-state index in [2.05, 4.69) is 26.5 Å². The molecule has 0 spiro atoms. The molecule has 1 aromatic carbocycles. The van der Waals surface area contributed by atoms with Crippen molar-refractivity contribution in [2.75, 3.05) is 13.1 Å². The van der Waals surface area contributed by atoms with Crippen LogP contribution in [0.5, 0.6) is 0 Å². The quantitative estimate of drug-likeness (QED) is 0.786. The van der Waals surface area contributed by atoms with Gasteiger partial charge in [0.25, 0.3) is 0 Å². The minimum Gasteiger partial charge on any atom is -0.339 e. The Hall–Kier alpha value is -1.98. The highest BCUT2D eigenvalue weighted by Gasteiger charge is 2.22. The topological polar surface area (TPSA) is 63.8 Å². The SMILES string of the molecule is Cl.c1ccc2c(-c3noc(C4CCNCC4)n3)nccc2c1. The lowest BCUT2D eigenvalue weighted by Crippen LogP contribution is -2.26. The second-order valence-electron chi connectivity index (χ2n) is 5.36. The fourth-order valence-electron chi connectivity index (χ4n) is 2.86. The maximum absolute atomic E-state index is 5.48. The number of piperidine rings is 1. The summed E-state index contributed by atoms with van der Waals surface area (Å²) in [5.41, 5.74) is 0.789. The molecule has 3 heterocycles. The molecule has 5 nitrogen and oxygen atoms in total. The zero-order valence-electron chi connectivity index (χ0n) is 12.0. The first-order valence-electron chi connectivity index (χ1n) is 7.30. The molecular formula is C16H17ClN4O. The fourth-order valence-corrected chi connectivity index (χ4v) is 2.86. The third kappa shape index (κ3) is 2.69. The minimum atomic E-state index is 0. The van der Waals surface area contributed by atoms with Crippen LogP contribution in [0, 0.1) is 0 Å². The van der Waals surface area contributed by atoms with E-state index in [0.29, 0.717) is 11.7 Å². The van der Waals surface area contributed by atoms with Gasteiger partial charge in [-0.2, -0.15) is 4.98 Å². The lowest BCUT2D eigenvalue weighted by atomic mass is 9.98. The number of halogens is 1. The summed E-state index contributed by atoms with van der Waals surface area (Å²) < 4.78 is 5.48. The van der Waals surface area contributed by atoms with Crippen molar-refractivity contribution in [2.45, 2.75) is 18.8 Å². The lowest BCUT2D eigenvalue weighted by molar-refractivity contribution is 0.320. The summed E-state index contributed by atoms with van der Waals surface area (Å²) in [5.74, 6) is 1.68. The van der Waals surface area contributed by atoms with Crippen LogP contribution in [0.15, 0.2) is 41.1 Å². The number of hydrogen-bond acceptors (Lipinski definition) is 5. The molecule has 1 aliphatic rings. The molecule has 0 bridgehead atoms. The van der Waals surface area contributed by atoms with E-state index in [1.807, 2.05) is 24.3 Å². The van der Waals surface area contributed by atoms with Crippen molar-refractivity contribution in [3.63, 3.8) is 0 Å². The number of aromatic nitrogens is 3. The maximum Gasteiger partial charge on any atom is 0.230 e. The number of fused-ring (bicyclic) bond motifs is 1. The van der Waals surface area contributed by atoms with Gasteiger partial charge in [-0.05, 0) is 37.4 Å². The molecule has 0 radical (unpaired) electrons. The molecule has 2 aromatic heterocycles. The van der Waals surface area contributed by atoms with Crippen molar-refractivity contribution in [3.8, 4) is 11.5 Å². The predicted octanol–water partition coefficient (Wildman–Crippen LogP) is 3.17. The number of pyridine rings is 1. The molecular weight excluding hydrogens is 300 g/mol. The summed E-state index contributed by atoms with van der Waals surface area (Å²) in [6, 6.07) is 10.1. The molecule has 3 aromatic rings. The van der Waals surface area contributed by atoms with Crippen LogP contribution in [0.25, 0.3) is 22.3 Å². The van der Waals surface area contributed by atoms with Gasteiger partial charge in [0.2, 0.25) is 11.7 Å². The molecule has 1 saturated heterocycles.